The molecule has 5 nitrogen and oxygen atoms in total. The molecule has 1 N–H and O–H groups in total. The highest BCUT2D eigenvalue weighted by Gasteiger charge is 2.49. The summed E-state index contributed by atoms with van der Waals surface area (Å²) in [6, 6.07) is 19.5. The highest BCUT2D eigenvalue weighted by Crippen LogP contribution is 2.34. The fourth-order valence-corrected chi connectivity index (χ4v) is 3.85. The molecule has 1 heterocycles. The monoisotopic (exact) mass is 386 g/mol. The molecule has 1 saturated heterocycles. The highest BCUT2D eigenvalue weighted by atomic mass is 32.2. The van der Waals surface area contributed by atoms with E-state index < -0.39 is 21.3 Å². The SMILES string of the molecule is CC(C)(C)S(=O)NC1(c2ccccc2)CN(C(=O)OCc2ccccc2)C1. The summed E-state index contributed by atoms with van der Waals surface area (Å²) in [4.78, 5) is 14.0. The van der Waals surface area contributed by atoms with Gasteiger partial charge in [0.25, 0.3) is 0 Å². The second-order valence-corrected chi connectivity index (χ2v) is 9.79. The van der Waals surface area contributed by atoms with Crippen molar-refractivity contribution >= 4 is 17.1 Å². The predicted octanol–water partition coefficient (Wildman–Crippen LogP) is 3.59. The number of likely N-dealkylation sites (tertiary alicyclic amines) is 1. The first-order valence-corrected chi connectivity index (χ1v) is 10.2. The zero-order valence-corrected chi connectivity index (χ0v) is 16.8. The van der Waals surface area contributed by atoms with Crippen molar-refractivity contribution in [1.29, 1.82) is 0 Å². The van der Waals surface area contributed by atoms with Gasteiger partial charge >= 0.3 is 6.09 Å². The third kappa shape index (κ3) is 4.57. The number of amides is 1. The molecule has 0 bridgehead atoms. The van der Waals surface area contributed by atoms with Gasteiger partial charge < -0.3 is 9.64 Å². The van der Waals surface area contributed by atoms with E-state index in [1.54, 1.807) is 4.90 Å². The van der Waals surface area contributed by atoms with Crippen LogP contribution in [0.1, 0.15) is 31.9 Å². The number of hydrogen-bond acceptors (Lipinski definition) is 3. The first-order valence-electron chi connectivity index (χ1n) is 9.01. The Hall–Kier alpha value is -2.18. The van der Waals surface area contributed by atoms with Crippen molar-refractivity contribution in [1.82, 2.24) is 9.62 Å². The minimum absolute atomic E-state index is 0.246. The normalized spacial score (nSPS) is 17.1. The van der Waals surface area contributed by atoms with Crippen LogP contribution < -0.4 is 4.72 Å². The van der Waals surface area contributed by atoms with Crippen LogP contribution in [0.2, 0.25) is 0 Å². The molecule has 1 aliphatic rings. The summed E-state index contributed by atoms with van der Waals surface area (Å²) in [6.07, 6.45) is -0.353. The van der Waals surface area contributed by atoms with Crippen LogP contribution in [0.15, 0.2) is 60.7 Å². The van der Waals surface area contributed by atoms with E-state index in [1.165, 1.54) is 0 Å². The van der Waals surface area contributed by atoms with Gasteiger partial charge in [0.05, 0.1) is 21.3 Å². The number of nitrogens with one attached hydrogen (secondary N) is 1. The van der Waals surface area contributed by atoms with Crippen molar-refractivity contribution in [3.63, 3.8) is 0 Å². The lowest BCUT2D eigenvalue weighted by molar-refractivity contribution is 0.0290. The lowest BCUT2D eigenvalue weighted by atomic mass is 9.84. The fourth-order valence-electron chi connectivity index (χ4n) is 2.94. The van der Waals surface area contributed by atoms with E-state index in [9.17, 15) is 9.00 Å². The molecule has 1 amide bonds. The summed E-state index contributed by atoms with van der Waals surface area (Å²) >= 11 is 0. The Morgan fingerprint density at radius 1 is 1.07 bits per heavy atom. The zero-order valence-electron chi connectivity index (χ0n) is 16.0. The minimum Gasteiger partial charge on any atom is -0.445 e. The van der Waals surface area contributed by atoms with E-state index in [1.807, 2.05) is 81.4 Å². The number of carbonyl (C=O) groups excluding carboxylic acids is 1. The molecule has 1 unspecified atom stereocenters. The summed E-state index contributed by atoms with van der Waals surface area (Å²) in [5.74, 6) is 0. The minimum atomic E-state index is -1.25. The second-order valence-electron chi connectivity index (χ2n) is 7.83. The molecule has 0 spiro atoms. The fraction of sp³-hybridized carbons (Fsp3) is 0.381. The van der Waals surface area contributed by atoms with Crippen molar-refractivity contribution in [2.75, 3.05) is 13.1 Å². The maximum Gasteiger partial charge on any atom is 0.410 e. The van der Waals surface area contributed by atoms with Crippen molar-refractivity contribution in [2.24, 2.45) is 0 Å². The molecular weight excluding hydrogens is 360 g/mol. The molecule has 144 valence electrons. The maximum atomic E-state index is 12.7. The van der Waals surface area contributed by atoms with Crippen molar-refractivity contribution in [3.05, 3.63) is 71.8 Å². The Balaban J connectivity index is 1.67. The van der Waals surface area contributed by atoms with Gasteiger partial charge in [0.2, 0.25) is 0 Å². The van der Waals surface area contributed by atoms with Crippen LogP contribution in [0.5, 0.6) is 0 Å². The highest BCUT2D eigenvalue weighted by molar-refractivity contribution is 7.84. The summed E-state index contributed by atoms with van der Waals surface area (Å²) in [7, 11) is -1.25. The van der Waals surface area contributed by atoms with Crippen LogP contribution in [0, 0.1) is 0 Å². The van der Waals surface area contributed by atoms with E-state index >= 15 is 0 Å². The third-order valence-electron chi connectivity index (χ3n) is 4.56. The number of benzene rings is 2. The van der Waals surface area contributed by atoms with Crippen LogP contribution in [0.3, 0.4) is 0 Å². The van der Waals surface area contributed by atoms with Gasteiger partial charge in [-0.15, -0.1) is 0 Å². The quantitative estimate of drug-likeness (QED) is 0.854. The molecule has 3 rings (SSSR count). The topological polar surface area (TPSA) is 58.6 Å². The smallest absolute Gasteiger partial charge is 0.410 e. The molecule has 1 atom stereocenters. The van der Waals surface area contributed by atoms with Gasteiger partial charge in [0.15, 0.2) is 0 Å². The molecule has 6 heteroatoms. The molecule has 2 aromatic rings. The number of hydrogen-bond donors (Lipinski definition) is 1. The molecule has 0 aliphatic carbocycles. The van der Waals surface area contributed by atoms with Gasteiger partial charge in [-0.05, 0) is 31.9 Å². The van der Waals surface area contributed by atoms with Crippen LogP contribution in [-0.4, -0.2) is 33.0 Å². The second kappa shape index (κ2) is 7.82. The van der Waals surface area contributed by atoms with Crippen LogP contribution in [-0.2, 0) is 27.9 Å². The first-order chi connectivity index (χ1) is 12.8. The molecule has 27 heavy (non-hydrogen) atoms. The van der Waals surface area contributed by atoms with E-state index in [2.05, 4.69) is 4.72 Å². The Morgan fingerprint density at radius 2 is 1.63 bits per heavy atom. The third-order valence-corrected chi connectivity index (χ3v) is 6.24. The summed E-state index contributed by atoms with van der Waals surface area (Å²) in [5.41, 5.74) is 1.45. The van der Waals surface area contributed by atoms with Gasteiger partial charge in [0, 0.05) is 13.1 Å². The molecule has 0 radical (unpaired) electrons. The van der Waals surface area contributed by atoms with E-state index in [4.69, 9.17) is 4.74 Å². The van der Waals surface area contributed by atoms with Crippen molar-refractivity contribution in [3.8, 4) is 0 Å². The number of nitrogens with zero attached hydrogens (tertiary/aromatic N) is 1. The Bertz CT molecular complexity index is 797. The largest absolute Gasteiger partial charge is 0.445 e. The Kier molecular flexibility index (Phi) is 5.67. The Morgan fingerprint density at radius 3 is 2.19 bits per heavy atom. The van der Waals surface area contributed by atoms with Crippen LogP contribution in [0.25, 0.3) is 0 Å². The molecule has 0 aromatic heterocycles. The number of rotatable bonds is 5. The van der Waals surface area contributed by atoms with Gasteiger partial charge in [0.1, 0.15) is 6.61 Å². The van der Waals surface area contributed by atoms with Crippen LogP contribution >= 0.6 is 0 Å². The van der Waals surface area contributed by atoms with Gasteiger partial charge in [-0.3, -0.25) is 0 Å². The molecular formula is C21H26N2O3S. The summed E-state index contributed by atoms with van der Waals surface area (Å²) < 4.78 is 21.0. The van der Waals surface area contributed by atoms with E-state index in [0.717, 1.165) is 11.1 Å². The van der Waals surface area contributed by atoms with Crippen molar-refractivity contribution < 1.29 is 13.7 Å². The van der Waals surface area contributed by atoms with Gasteiger partial charge in [-0.25, -0.2) is 13.7 Å². The van der Waals surface area contributed by atoms with E-state index in [0.29, 0.717) is 13.1 Å². The maximum absolute atomic E-state index is 12.7. The average molecular weight is 387 g/mol. The van der Waals surface area contributed by atoms with E-state index in [-0.39, 0.29) is 12.7 Å². The standard InChI is InChI=1S/C21H26N2O3S/c1-20(2,3)27(25)22-21(18-12-8-5-9-13-18)15-23(16-21)19(24)26-14-17-10-6-4-7-11-17/h4-13,22H,14-16H2,1-3H3. The Labute approximate surface area is 163 Å². The molecule has 1 aliphatic heterocycles. The zero-order chi connectivity index (χ0) is 19.5. The molecule has 2 aromatic carbocycles. The predicted molar refractivity (Wildman–Crippen MR) is 107 cm³/mol. The summed E-state index contributed by atoms with van der Waals surface area (Å²) in [5, 5.41) is 0. The number of carbonyl (C=O) groups is 1. The number of ether oxygens (including phenoxy) is 1. The molecule has 0 saturated carbocycles. The summed E-state index contributed by atoms with van der Waals surface area (Å²) in [6.45, 7) is 6.88. The average Bonchev–Trinajstić information content (AvgIpc) is 2.63. The molecule has 1 fully saturated rings. The van der Waals surface area contributed by atoms with Crippen molar-refractivity contribution in [2.45, 2.75) is 37.7 Å². The van der Waals surface area contributed by atoms with Gasteiger partial charge in [-0.1, -0.05) is 60.7 Å². The van der Waals surface area contributed by atoms with Gasteiger partial charge in [-0.2, -0.15) is 0 Å². The lowest BCUT2D eigenvalue weighted by Gasteiger charge is -2.50. The lowest BCUT2D eigenvalue weighted by Crippen LogP contribution is -2.69. The van der Waals surface area contributed by atoms with Crippen LogP contribution in [0.4, 0.5) is 4.79 Å². The first kappa shape index (κ1) is 19.6.